The van der Waals surface area contributed by atoms with E-state index in [0.717, 1.165) is 17.5 Å². The topological polar surface area (TPSA) is 58.6 Å². The van der Waals surface area contributed by atoms with Crippen LogP contribution in [-0.2, 0) is 16.1 Å². The predicted molar refractivity (Wildman–Crippen MR) is 106 cm³/mol. The zero-order valence-electron chi connectivity index (χ0n) is 16.3. The van der Waals surface area contributed by atoms with Gasteiger partial charge in [0.1, 0.15) is 11.8 Å². The molecule has 27 heavy (non-hydrogen) atoms. The second-order valence-electron chi connectivity index (χ2n) is 6.58. The monoisotopic (exact) mass is 368 g/mol. The minimum atomic E-state index is -0.578. The van der Waals surface area contributed by atoms with Crippen LogP contribution in [0.4, 0.5) is 0 Å². The molecular formula is C22H28N2O3. The van der Waals surface area contributed by atoms with Crippen LogP contribution in [0.3, 0.4) is 0 Å². The highest BCUT2D eigenvalue weighted by Gasteiger charge is 2.26. The highest BCUT2D eigenvalue weighted by Crippen LogP contribution is 2.14. The summed E-state index contributed by atoms with van der Waals surface area (Å²) in [5, 5.41) is 2.86. The van der Waals surface area contributed by atoms with Crippen molar-refractivity contribution in [1.29, 1.82) is 0 Å². The molecule has 1 N–H and O–H groups in total. The molecule has 0 aliphatic heterocycles. The number of nitrogens with zero attached hydrogens (tertiary/aromatic N) is 1. The molecule has 0 fully saturated rings. The number of rotatable bonds is 9. The highest BCUT2D eigenvalue weighted by molar-refractivity contribution is 5.87. The van der Waals surface area contributed by atoms with Crippen molar-refractivity contribution in [2.45, 2.75) is 39.8 Å². The molecule has 0 aromatic heterocycles. The number of amides is 2. The molecule has 0 saturated heterocycles. The third-order valence-corrected chi connectivity index (χ3v) is 4.26. The van der Waals surface area contributed by atoms with E-state index in [0.29, 0.717) is 18.8 Å². The number of hydrogen-bond acceptors (Lipinski definition) is 3. The lowest BCUT2D eigenvalue weighted by Gasteiger charge is -2.28. The fraction of sp³-hybridized carbons (Fsp3) is 0.364. The van der Waals surface area contributed by atoms with Gasteiger partial charge in [0.25, 0.3) is 5.91 Å². The number of nitrogens with one attached hydrogen (secondary N) is 1. The van der Waals surface area contributed by atoms with Gasteiger partial charge in [-0.25, -0.2) is 0 Å². The molecule has 2 aromatic carbocycles. The van der Waals surface area contributed by atoms with E-state index in [2.05, 4.69) is 5.32 Å². The molecule has 0 saturated carbocycles. The molecule has 0 bridgehead atoms. The van der Waals surface area contributed by atoms with Crippen molar-refractivity contribution >= 4 is 11.8 Å². The summed E-state index contributed by atoms with van der Waals surface area (Å²) in [5.41, 5.74) is 2.03. The number of carbonyl (C=O) groups is 2. The minimum Gasteiger partial charge on any atom is -0.484 e. The number of hydrogen-bond donors (Lipinski definition) is 1. The Morgan fingerprint density at radius 3 is 2.52 bits per heavy atom. The first-order valence-corrected chi connectivity index (χ1v) is 9.31. The van der Waals surface area contributed by atoms with E-state index in [1.54, 1.807) is 11.8 Å². The summed E-state index contributed by atoms with van der Waals surface area (Å²) in [5.74, 6) is 0.266. The van der Waals surface area contributed by atoms with E-state index in [1.165, 1.54) is 0 Å². The minimum absolute atomic E-state index is 0.109. The molecule has 0 aliphatic carbocycles. The lowest BCUT2D eigenvalue weighted by Crippen LogP contribution is -2.49. The van der Waals surface area contributed by atoms with E-state index in [1.807, 2.05) is 68.4 Å². The maximum absolute atomic E-state index is 12.8. The van der Waals surface area contributed by atoms with Gasteiger partial charge in [-0.2, -0.15) is 0 Å². The van der Waals surface area contributed by atoms with Crippen molar-refractivity contribution in [3.8, 4) is 5.75 Å². The molecule has 1 unspecified atom stereocenters. The lowest BCUT2D eigenvalue weighted by atomic mass is 10.1. The van der Waals surface area contributed by atoms with Gasteiger partial charge in [0.15, 0.2) is 6.61 Å². The van der Waals surface area contributed by atoms with Crippen molar-refractivity contribution in [2.24, 2.45) is 0 Å². The number of carbonyl (C=O) groups excluding carboxylic acids is 2. The van der Waals surface area contributed by atoms with Crippen LogP contribution in [0.15, 0.2) is 54.6 Å². The summed E-state index contributed by atoms with van der Waals surface area (Å²) >= 11 is 0. The Labute approximate surface area is 161 Å². The molecule has 1 atom stereocenters. The smallest absolute Gasteiger partial charge is 0.261 e. The second-order valence-corrected chi connectivity index (χ2v) is 6.58. The number of ether oxygens (including phenoxy) is 1. The van der Waals surface area contributed by atoms with Crippen LogP contribution >= 0.6 is 0 Å². The molecule has 2 aromatic rings. The van der Waals surface area contributed by atoms with Crippen LogP contribution in [0.5, 0.6) is 5.75 Å². The third-order valence-electron chi connectivity index (χ3n) is 4.26. The SMILES string of the molecule is CCCNC(=O)C(C)N(Cc1ccccc1)C(=O)COc1cccc(C)c1. The van der Waals surface area contributed by atoms with Gasteiger partial charge in [0.2, 0.25) is 5.91 Å². The highest BCUT2D eigenvalue weighted by atomic mass is 16.5. The average Bonchev–Trinajstić information content (AvgIpc) is 2.68. The van der Waals surface area contributed by atoms with Gasteiger partial charge in [-0.05, 0) is 43.5 Å². The Hall–Kier alpha value is -2.82. The standard InChI is InChI=1S/C22H28N2O3/c1-4-13-23-22(26)18(3)24(15-19-10-6-5-7-11-19)21(25)16-27-20-12-8-9-17(2)14-20/h5-12,14,18H,4,13,15-16H2,1-3H3,(H,23,26). The van der Waals surface area contributed by atoms with Crippen molar-refractivity contribution in [2.75, 3.05) is 13.2 Å². The van der Waals surface area contributed by atoms with Crippen LogP contribution in [0.1, 0.15) is 31.4 Å². The van der Waals surface area contributed by atoms with Gasteiger partial charge in [-0.15, -0.1) is 0 Å². The molecule has 144 valence electrons. The summed E-state index contributed by atoms with van der Waals surface area (Å²) < 4.78 is 5.66. The van der Waals surface area contributed by atoms with E-state index >= 15 is 0 Å². The molecule has 0 spiro atoms. The Morgan fingerprint density at radius 2 is 1.85 bits per heavy atom. The predicted octanol–water partition coefficient (Wildman–Crippen LogP) is 3.32. The van der Waals surface area contributed by atoms with Crippen LogP contribution < -0.4 is 10.1 Å². The van der Waals surface area contributed by atoms with Gasteiger partial charge < -0.3 is 15.0 Å². The second kappa shape index (κ2) is 10.4. The molecular weight excluding hydrogens is 340 g/mol. The Balaban J connectivity index is 2.09. The Kier molecular flexibility index (Phi) is 7.86. The van der Waals surface area contributed by atoms with Gasteiger partial charge in [-0.3, -0.25) is 9.59 Å². The van der Waals surface area contributed by atoms with Crippen LogP contribution in [-0.4, -0.2) is 35.9 Å². The molecule has 0 radical (unpaired) electrons. The average molecular weight is 368 g/mol. The summed E-state index contributed by atoms with van der Waals surface area (Å²) in [4.78, 5) is 26.8. The molecule has 0 aliphatic rings. The normalized spacial score (nSPS) is 11.5. The van der Waals surface area contributed by atoms with Gasteiger partial charge in [-0.1, -0.05) is 49.4 Å². The molecule has 5 nitrogen and oxygen atoms in total. The van der Waals surface area contributed by atoms with Crippen LogP contribution in [0.2, 0.25) is 0 Å². The van der Waals surface area contributed by atoms with Gasteiger partial charge >= 0.3 is 0 Å². The summed E-state index contributed by atoms with van der Waals surface area (Å²) in [7, 11) is 0. The van der Waals surface area contributed by atoms with Crippen molar-refractivity contribution < 1.29 is 14.3 Å². The fourth-order valence-electron chi connectivity index (χ4n) is 2.69. The van der Waals surface area contributed by atoms with E-state index < -0.39 is 6.04 Å². The molecule has 0 heterocycles. The largest absolute Gasteiger partial charge is 0.484 e. The lowest BCUT2D eigenvalue weighted by molar-refractivity contribution is -0.142. The first kappa shape index (κ1) is 20.5. The van der Waals surface area contributed by atoms with Crippen molar-refractivity contribution in [1.82, 2.24) is 10.2 Å². The van der Waals surface area contributed by atoms with Crippen LogP contribution in [0.25, 0.3) is 0 Å². The fourth-order valence-corrected chi connectivity index (χ4v) is 2.69. The van der Waals surface area contributed by atoms with Gasteiger partial charge in [0, 0.05) is 13.1 Å². The van der Waals surface area contributed by atoms with Crippen LogP contribution in [0, 0.1) is 6.92 Å². The van der Waals surface area contributed by atoms with E-state index in [9.17, 15) is 9.59 Å². The quantitative estimate of drug-likeness (QED) is 0.739. The maximum atomic E-state index is 12.8. The Morgan fingerprint density at radius 1 is 1.11 bits per heavy atom. The number of benzene rings is 2. The van der Waals surface area contributed by atoms with E-state index in [-0.39, 0.29) is 18.4 Å². The summed E-state index contributed by atoms with van der Waals surface area (Å²) in [6.07, 6.45) is 0.849. The number of aryl methyl sites for hydroxylation is 1. The zero-order valence-corrected chi connectivity index (χ0v) is 16.3. The maximum Gasteiger partial charge on any atom is 0.261 e. The van der Waals surface area contributed by atoms with Crippen molar-refractivity contribution in [3.63, 3.8) is 0 Å². The van der Waals surface area contributed by atoms with Gasteiger partial charge in [0.05, 0.1) is 0 Å². The zero-order chi connectivity index (χ0) is 19.6. The first-order valence-electron chi connectivity index (χ1n) is 9.31. The molecule has 2 amide bonds. The first-order chi connectivity index (χ1) is 13.0. The van der Waals surface area contributed by atoms with E-state index in [4.69, 9.17) is 4.74 Å². The summed E-state index contributed by atoms with van der Waals surface area (Å²) in [6.45, 7) is 6.55. The molecule has 5 heteroatoms. The summed E-state index contributed by atoms with van der Waals surface area (Å²) in [6, 6.07) is 16.6. The Bertz CT molecular complexity index is 746. The molecule has 2 rings (SSSR count). The third kappa shape index (κ3) is 6.44. The van der Waals surface area contributed by atoms with Crippen molar-refractivity contribution in [3.05, 3.63) is 65.7 Å².